The largest absolute Gasteiger partial charge is 0.312 e. The highest BCUT2D eigenvalue weighted by molar-refractivity contribution is 7.92. The van der Waals surface area contributed by atoms with Gasteiger partial charge in [-0.1, -0.05) is 6.07 Å². The number of aryl methyl sites for hydroxylation is 2. The summed E-state index contributed by atoms with van der Waals surface area (Å²) in [7, 11) is -1.89. The van der Waals surface area contributed by atoms with Gasteiger partial charge < -0.3 is 5.32 Å². The molecule has 0 fully saturated rings. The van der Waals surface area contributed by atoms with E-state index < -0.39 is 10.0 Å². The van der Waals surface area contributed by atoms with Crippen LogP contribution in [-0.2, 0) is 30.0 Å². The van der Waals surface area contributed by atoms with Crippen LogP contribution in [0.3, 0.4) is 0 Å². The second kappa shape index (κ2) is 6.51. The molecule has 0 bridgehead atoms. The summed E-state index contributed by atoms with van der Waals surface area (Å²) in [6.45, 7) is 5.22. The van der Waals surface area contributed by atoms with E-state index in [0.717, 1.165) is 19.5 Å². The van der Waals surface area contributed by atoms with E-state index in [9.17, 15) is 8.42 Å². The maximum atomic E-state index is 12.6. The molecule has 126 valence electrons. The second-order valence-electron chi connectivity index (χ2n) is 5.64. The molecule has 23 heavy (non-hydrogen) atoms. The molecule has 0 spiro atoms. The number of nitrogens with zero attached hydrogens (tertiary/aromatic N) is 2. The van der Waals surface area contributed by atoms with Crippen molar-refractivity contribution in [2.45, 2.75) is 31.7 Å². The van der Waals surface area contributed by atoms with Crippen molar-refractivity contribution < 1.29 is 8.42 Å². The van der Waals surface area contributed by atoms with Crippen molar-refractivity contribution in [3.63, 3.8) is 0 Å². The Morgan fingerprint density at radius 3 is 2.65 bits per heavy atom. The molecule has 0 saturated heterocycles. The molecule has 0 amide bonds. The topological polar surface area (TPSA) is 76.0 Å². The predicted octanol–water partition coefficient (Wildman–Crippen LogP) is 1.91. The van der Waals surface area contributed by atoms with E-state index in [4.69, 9.17) is 0 Å². The fourth-order valence-electron chi connectivity index (χ4n) is 2.89. The number of hydrogen-bond donors (Lipinski definition) is 2. The lowest BCUT2D eigenvalue weighted by atomic mass is 10.0. The van der Waals surface area contributed by atoms with Gasteiger partial charge in [0.2, 0.25) is 0 Å². The van der Waals surface area contributed by atoms with Crippen molar-refractivity contribution in [1.29, 1.82) is 0 Å². The van der Waals surface area contributed by atoms with E-state index in [1.165, 1.54) is 11.1 Å². The number of nitrogens with one attached hydrogen (secondary N) is 2. The standard InChI is InChI=1S/C15H20N4O2S.ClH/c1-10-15(11(2)19(3)17-10)22(20,21)18-14-5-4-13-9-16-7-6-12(13)8-14;/h4-5,8,16,18H,6-7,9H2,1-3H3;1H. The fraction of sp³-hybridized carbons (Fsp3) is 0.400. The third kappa shape index (κ3) is 3.36. The molecule has 0 saturated carbocycles. The Labute approximate surface area is 142 Å². The van der Waals surface area contributed by atoms with Crippen LogP contribution in [0.2, 0.25) is 0 Å². The quantitative estimate of drug-likeness (QED) is 0.880. The third-order valence-electron chi connectivity index (χ3n) is 4.06. The summed E-state index contributed by atoms with van der Waals surface area (Å²) in [5.74, 6) is 0. The van der Waals surface area contributed by atoms with Gasteiger partial charge in [-0.05, 0) is 50.1 Å². The molecule has 2 heterocycles. The highest BCUT2D eigenvalue weighted by atomic mass is 35.5. The average Bonchev–Trinajstić information content (AvgIpc) is 2.72. The van der Waals surface area contributed by atoms with Crippen LogP contribution in [0.4, 0.5) is 5.69 Å². The summed E-state index contributed by atoms with van der Waals surface area (Å²) in [6, 6.07) is 5.71. The molecular weight excluding hydrogens is 336 g/mol. The Balaban J connectivity index is 0.00000192. The second-order valence-corrected chi connectivity index (χ2v) is 7.26. The third-order valence-corrected chi connectivity index (χ3v) is 5.69. The molecule has 8 heteroatoms. The number of rotatable bonds is 3. The van der Waals surface area contributed by atoms with Crippen molar-refractivity contribution in [1.82, 2.24) is 15.1 Å². The molecule has 0 unspecified atom stereocenters. The van der Waals surface area contributed by atoms with Crippen molar-refractivity contribution in [3.8, 4) is 0 Å². The summed E-state index contributed by atoms with van der Waals surface area (Å²) in [5, 5.41) is 7.48. The van der Waals surface area contributed by atoms with Crippen LogP contribution >= 0.6 is 12.4 Å². The molecule has 2 N–H and O–H groups in total. The normalized spacial score (nSPS) is 14.0. The highest BCUT2D eigenvalue weighted by Crippen LogP contribution is 2.24. The zero-order valence-electron chi connectivity index (χ0n) is 13.4. The minimum absolute atomic E-state index is 0. The Kier molecular flexibility index (Phi) is 5.03. The first-order valence-electron chi connectivity index (χ1n) is 7.24. The van der Waals surface area contributed by atoms with Gasteiger partial charge in [-0.15, -0.1) is 12.4 Å². The van der Waals surface area contributed by atoms with Gasteiger partial charge in [-0.3, -0.25) is 9.40 Å². The summed E-state index contributed by atoms with van der Waals surface area (Å²) in [4.78, 5) is 0.259. The Morgan fingerprint density at radius 2 is 2.00 bits per heavy atom. The SMILES string of the molecule is Cc1nn(C)c(C)c1S(=O)(=O)Nc1ccc2c(c1)CCNC2.Cl. The predicted molar refractivity (Wildman–Crippen MR) is 92.6 cm³/mol. The first-order valence-corrected chi connectivity index (χ1v) is 8.72. The molecule has 1 aromatic carbocycles. The lowest BCUT2D eigenvalue weighted by Gasteiger charge is -2.18. The van der Waals surface area contributed by atoms with Gasteiger partial charge in [-0.25, -0.2) is 8.42 Å². The molecule has 3 rings (SSSR count). The molecule has 1 aliphatic rings. The number of anilines is 1. The van der Waals surface area contributed by atoms with E-state index in [-0.39, 0.29) is 17.3 Å². The smallest absolute Gasteiger partial charge is 0.265 e. The van der Waals surface area contributed by atoms with Crippen molar-refractivity contribution in [3.05, 3.63) is 40.7 Å². The fourth-order valence-corrected chi connectivity index (χ4v) is 4.38. The summed E-state index contributed by atoms with van der Waals surface area (Å²) in [6.07, 6.45) is 0.913. The van der Waals surface area contributed by atoms with Crippen LogP contribution in [0.1, 0.15) is 22.5 Å². The molecule has 0 radical (unpaired) electrons. The van der Waals surface area contributed by atoms with Crippen LogP contribution in [0.5, 0.6) is 0 Å². The van der Waals surface area contributed by atoms with Crippen LogP contribution in [0, 0.1) is 13.8 Å². The molecule has 6 nitrogen and oxygen atoms in total. The van der Waals surface area contributed by atoms with E-state index in [2.05, 4.69) is 15.1 Å². The van der Waals surface area contributed by atoms with Gasteiger partial charge in [0.1, 0.15) is 4.90 Å². The zero-order chi connectivity index (χ0) is 15.9. The molecule has 0 aliphatic carbocycles. The van der Waals surface area contributed by atoms with Gasteiger partial charge in [-0.2, -0.15) is 5.10 Å². The van der Waals surface area contributed by atoms with E-state index in [0.29, 0.717) is 17.1 Å². The first-order chi connectivity index (χ1) is 10.4. The number of hydrogen-bond acceptors (Lipinski definition) is 4. The van der Waals surface area contributed by atoms with Gasteiger partial charge in [0, 0.05) is 19.3 Å². The van der Waals surface area contributed by atoms with Crippen molar-refractivity contribution in [2.75, 3.05) is 11.3 Å². The maximum Gasteiger partial charge on any atom is 0.265 e. The molecule has 2 aromatic rings. The summed E-state index contributed by atoms with van der Waals surface area (Å²) < 4.78 is 29.6. The van der Waals surface area contributed by atoms with Crippen LogP contribution in [-0.4, -0.2) is 24.7 Å². The number of halogens is 1. The Hall–Kier alpha value is -1.57. The zero-order valence-corrected chi connectivity index (χ0v) is 15.0. The van der Waals surface area contributed by atoms with Crippen molar-refractivity contribution in [2.24, 2.45) is 7.05 Å². The van der Waals surface area contributed by atoms with Crippen molar-refractivity contribution >= 4 is 28.1 Å². The van der Waals surface area contributed by atoms with E-state index in [1.807, 2.05) is 18.2 Å². The Morgan fingerprint density at radius 1 is 1.26 bits per heavy atom. The molecule has 1 aliphatic heterocycles. The lowest BCUT2D eigenvalue weighted by Crippen LogP contribution is -2.23. The van der Waals surface area contributed by atoms with Gasteiger partial charge in [0.05, 0.1) is 11.4 Å². The number of sulfonamides is 1. The first kappa shape index (κ1) is 17.8. The van der Waals surface area contributed by atoms with Gasteiger partial charge >= 0.3 is 0 Å². The number of fused-ring (bicyclic) bond motifs is 1. The van der Waals surface area contributed by atoms with Crippen LogP contribution in [0.25, 0.3) is 0 Å². The molecule has 0 atom stereocenters. The monoisotopic (exact) mass is 356 g/mol. The maximum absolute atomic E-state index is 12.6. The van der Waals surface area contributed by atoms with E-state index >= 15 is 0 Å². The summed E-state index contributed by atoms with van der Waals surface area (Å²) >= 11 is 0. The average molecular weight is 357 g/mol. The number of benzene rings is 1. The molecule has 1 aromatic heterocycles. The number of aromatic nitrogens is 2. The highest BCUT2D eigenvalue weighted by Gasteiger charge is 2.24. The van der Waals surface area contributed by atoms with Crippen LogP contribution < -0.4 is 10.0 Å². The van der Waals surface area contributed by atoms with Crippen LogP contribution in [0.15, 0.2) is 23.1 Å². The molecular formula is C15H21ClN4O2S. The van der Waals surface area contributed by atoms with Gasteiger partial charge in [0.15, 0.2) is 0 Å². The minimum atomic E-state index is -3.63. The minimum Gasteiger partial charge on any atom is -0.312 e. The van der Waals surface area contributed by atoms with Gasteiger partial charge in [0.25, 0.3) is 10.0 Å². The van der Waals surface area contributed by atoms with E-state index in [1.54, 1.807) is 25.6 Å². The lowest BCUT2D eigenvalue weighted by molar-refractivity contribution is 0.599. The Bertz CT molecular complexity index is 830. The summed E-state index contributed by atoms with van der Waals surface area (Å²) in [5.41, 5.74) is 4.16.